The number of carboxylic acids is 2. The van der Waals surface area contributed by atoms with E-state index in [0.29, 0.717) is 0 Å². The Kier molecular flexibility index (Phi) is 6.54. The van der Waals surface area contributed by atoms with Crippen LogP contribution in [0.15, 0.2) is 18.2 Å². The van der Waals surface area contributed by atoms with Crippen molar-refractivity contribution < 1.29 is 30.0 Å². The minimum absolute atomic E-state index is 0.0277. The summed E-state index contributed by atoms with van der Waals surface area (Å²) in [4.78, 5) is 21.2. The molecule has 0 aliphatic rings. The molecule has 0 unspecified atom stereocenters. The van der Waals surface area contributed by atoms with Crippen LogP contribution in [0.1, 0.15) is 26.3 Å². The Morgan fingerprint density at radius 3 is 1.59 bits per heavy atom. The van der Waals surface area contributed by atoms with Crippen LogP contribution >= 0.6 is 0 Å². The van der Waals surface area contributed by atoms with Crippen molar-refractivity contribution >= 4 is 11.9 Å². The van der Waals surface area contributed by atoms with Crippen LogP contribution in [0, 0.1) is 6.92 Å². The number of benzene rings is 1. The lowest BCUT2D eigenvalue weighted by molar-refractivity contribution is 0.0696. The molecule has 6 heteroatoms. The van der Waals surface area contributed by atoms with E-state index in [0.717, 1.165) is 0 Å². The van der Waals surface area contributed by atoms with Gasteiger partial charge >= 0.3 is 11.9 Å². The highest BCUT2D eigenvalue weighted by molar-refractivity contribution is 5.96. The maximum absolute atomic E-state index is 10.6. The molecule has 0 bridgehead atoms. The lowest BCUT2D eigenvalue weighted by Crippen LogP contribution is -2.06. The van der Waals surface area contributed by atoms with E-state index in [1.807, 2.05) is 0 Å². The van der Waals surface area contributed by atoms with Gasteiger partial charge in [-0.25, -0.2) is 9.59 Å². The molecule has 0 aliphatic heterocycles. The summed E-state index contributed by atoms with van der Waals surface area (Å²) in [6.45, 7) is 1.23. The summed E-state index contributed by atoms with van der Waals surface area (Å²) in [5, 5.41) is 32.6. The van der Waals surface area contributed by atoms with E-state index in [4.69, 9.17) is 20.4 Å². The molecule has 0 radical (unpaired) electrons. The van der Waals surface area contributed by atoms with Crippen LogP contribution in [0.25, 0.3) is 0 Å². The van der Waals surface area contributed by atoms with Crippen molar-refractivity contribution in [3.8, 4) is 0 Å². The van der Waals surface area contributed by atoms with Crippen LogP contribution in [0.2, 0.25) is 0 Å². The fraction of sp³-hybridized carbons (Fsp3) is 0.273. The molecule has 0 aliphatic carbocycles. The molecule has 1 aromatic carbocycles. The Bertz CT molecular complexity index is 365. The smallest absolute Gasteiger partial charge is 0.335 e. The summed E-state index contributed by atoms with van der Waals surface area (Å²) in [5.74, 6) is -2.22. The third kappa shape index (κ3) is 4.62. The van der Waals surface area contributed by atoms with E-state index in [2.05, 4.69) is 0 Å². The molecule has 1 aromatic rings. The van der Waals surface area contributed by atoms with Gasteiger partial charge in [0.05, 0.1) is 24.3 Å². The van der Waals surface area contributed by atoms with Gasteiger partial charge < -0.3 is 20.4 Å². The Balaban J connectivity index is 0.000000557. The van der Waals surface area contributed by atoms with Gasteiger partial charge in [0, 0.05) is 0 Å². The molecular formula is C11H14O6. The zero-order valence-corrected chi connectivity index (χ0v) is 9.25. The molecule has 1 rings (SSSR count). The summed E-state index contributed by atoms with van der Waals surface area (Å²) in [6, 6.07) is 4.17. The van der Waals surface area contributed by atoms with Gasteiger partial charge in [-0.15, -0.1) is 0 Å². The molecule has 0 amide bonds. The standard InChI is InChI=1S/C9H8O4.C2H6O2/c1-5-6(8(10)11)3-2-4-7(5)9(12)13;3-1-2-4/h2-4H,1H3,(H,10,11)(H,12,13);3-4H,1-2H2. The number of hydrogen-bond donors (Lipinski definition) is 4. The fourth-order valence-electron chi connectivity index (χ4n) is 1.10. The molecule has 0 saturated heterocycles. The third-order valence-electron chi connectivity index (χ3n) is 1.89. The third-order valence-corrected chi connectivity index (χ3v) is 1.89. The normalized spacial score (nSPS) is 9.12. The van der Waals surface area contributed by atoms with Gasteiger partial charge in [0.2, 0.25) is 0 Å². The summed E-state index contributed by atoms with van der Waals surface area (Å²) in [5.41, 5.74) is 0.335. The Labute approximate surface area is 97.8 Å². The molecule has 17 heavy (non-hydrogen) atoms. The number of carboxylic acid groups (broad SMARTS) is 2. The van der Waals surface area contributed by atoms with Gasteiger partial charge in [-0.1, -0.05) is 6.07 Å². The average Bonchev–Trinajstić information content (AvgIpc) is 2.29. The van der Waals surface area contributed by atoms with Gasteiger partial charge in [0.25, 0.3) is 0 Å². The van der Waals surface area contributed by atoms with Crippen LogP contribution in [0.5, 0.6) is 0 Å². The Hall–Kier alpha value is -1.92. The van der Waals surface area contributed by atoms with Crippen LogP contribution < -0.4 is 0 Å². The lowest BCUT2D eigenvalue weighted by Gasteiger charge is -2.03. The van der Waals surface area contributed by atoms with E-state index in [9.17, 15) is 9.59 Å². The van der Waals surface area contributed by atoms with Gasteiger partial charge in [-0.2, -0.15) is 0 Å². The number of carbonyl (C=O) groups is 2. The van der Waals surface area contributed by atoms with Crippen LogP contribution in [0.4, 0.5) is 0 Å². The molecule has 0 fully saturated rings. The maximum atomic E-state index is 10.6. The van der Waals surface area contributed by atoms with E-state index >= 15 is 0 Å². The summed E-state index contributed by atoms with van der Waals surface area (Å²) >= 11 is 0. The highest BCUT2D eigenvalue weighted by Gasteiger charge is 2.13. The number of rotatable bonds is 3. The first-order valence-corrected chi connectivity index (χ1v) is 4.73. The quantitative estimate of drug-likeness (QED) is 0.608. The number of aliphatic hydroxyl groups is 2. The lowest BCUT2D eigenvalue weighted by atomic mass is 10.0. The second kappa shape index (κ2) is 7.37. The summed E-state index contributed by atoms with van der Waals surface area (Å²) in [7, 11) is 0. The molecule has 0 spiro atoms. The predicted molar refractivity (Wildman–Crippen MR) is 59.3 cm³/mol. The first-order chi connectivity index (χ1) is 7.95. The molecular weight excluding hydrogens is 228 g/mol. The van der Waals surface area contributed by atoms with Crippen molar-refractivity contribution in [3.05, 3.63) is 34.9 Å². The first kappa shape index (κ1) is 15.1. The van der Waals surface area contributed by atoms with Crippen molar-refractivity contribution in [2.24, 2.45) is 0 Å². The van der Waals surface area contributed by atoms with Crippen LogP contribution in [-0.4, -0.2) is 45.6 Å². The molecule has 0 aromatic heterocycles. The predicted octanol–water partition coefficient (Wildman–Crippen LogP) is 0.362. The fourth-order valence-corrected chi connectivity index (χ4v) is 1.10. The van der Waals surface area contributed by atoms with Crippen molar-refractivity contribution in [1.29, 1.82) is 0 Å². The number of aliphatic hydroxyl groups excluding tert-OH is 2. The second-order valence-electron chi connectivity index (χ2n) is 3.04. The zero-order chi connectivity index (χ0) is 13.4. The van der Waals surface area contributed by atoms with Crippen molar-refractivity contribution in [3.63, 3.8) is 0 Å². The van der Waals surface area contributed by atoms with Gasteiger partial charge in [-0.05, 0) is 24.6 Å². The summed E-state index contributed by atoms with van der Waals surface area (Å²) < 4.78 is 0. The minimum atomic E-state index is -1.11. The zero-order valence-electron chi connectivity index (χ0n) is 9.25. The van der Waals surface area contributed by atoms with Crippen molar-refractivity contribution in [2.75, 3.05) is 13.2 Å². The minimum Gasteiger partial charge on any atom is -0.478 e. The largest absolute Gasteiger partial charge is 0.478 e. The molecule has 0 saturated carbocycles. The molecule has 6 nitrogen and oxygen atoms in total. The van der Waals surface area contributed by atoms with E-state index in [1.165, 1.54) is 25.1 Å². The SMILES string of the molecule is Cc1c(C(=O)O)cccc1C(=O)O.OCCO. The Morgan fingerprint density at radius 2 is 1.35 bits per heavy atom. The van der Waals surface area contributed by atoms with Crippen LogP contribution in [0.3, 0.4) is 0 Å². The topological polar surface area (TPSA) is 115 Å². The van der Waals surface area contributed by atoms with Crippen molar-refractivity contribution in [2.45, 2.75) is 6.92 Å². The Morgan fingerprint density at radius 1 is 1.00 bits per heavy atom. The highest BCUT2D eigenvalue weighted by atomic mass is 16.4. The van der Waals surface area contributed by atoms with Crippen LogP contribution in [-0.2, 0) is 0 Å². The first-order valence-electron chi connectivity index (χ1n) is 4.73. The highest BCUT2D eigenvalue weighted by Crippen LogP contribution is 2.13. The summed E-state index contributed by atoms with van der Waals surface area (Å²) in [6.07, 6.45) is 0. The van der Waals surface area contributed by atoms with Gasteiger partial charge in [0.15, 0.2) is 0 Å². The number of hydrogen-bond acceptors (Lipinski definition) is 4. The van der Waals surface area contributed by atoms with E-state index in [-0.39, 0.29) is 29.9 Å². The maximum Gasteiger partial charge on any atom is 0.335 e. The van der Waals surface area contributed by atoms with Gasteiger partial charge in [0.1, 0.15) is 0 Å². The molecule has 0 heterocycles. The molecule has 0 atom stereocenters. The monoisotopic (exact) mass is 242 g/mol. The van der Waals surface area contributed by atoms with Gasteiger partial charge in [-0.3, -0.25) is 0 Å². The van der Waals surface area contributed by atoms with Crippen molar-refractivity contribution in [1.82, 2.24) is 0 Å². The molecule has 4 N–H and O–H groups in total. The average molecular weight is 242 g/mol. The second-order valence-corrected chi connectivity index (χ2v) is 3.04. The van der Waals surface area contributed by atoms with E-state index in [1.54, 1.807) is 0 Å². The van der Waals surface area contributed by atoms with E-state index < -0.39 is 11.9 Å². The number of aromatic carboxylic acids is 2. The molecule has 94 valence electrons.